The fraction of sp³-hybridized carbons (Fsp3) is 0.0204. The number of rotatable bonds is 7. The van der Waals surface area contributed by atoms with Gasteiger partial charge in [-0.15, -0.1) is 0 Å². The first-order chi connectivity index (χ1) is 25.7. The van der Waals surface area contributed by atoms with Crippen LogP contribution < -0.4 is 4.74 Å². The van der Waals surface area contributed by atoms with Gasteiger partial charge in [-0.1, -0.05) is 158 Å². The molecule has 52 heavy (non-hydrogen) atoms. The van der Waals surface area contributed by atoms with Gasteiger partial charge in [0.1, 0.15) is 11.5 Å². The minimum Gasteiger partial charge on any atom is -0.456 e. The van der Waals surface area contributed by atoms with E-state index < -0.39 is 0 Å². The van der Waals surface area contributed by atoms with Crippen LogP contribution in [-0.4, -0.2) is 9.97 Å². The highest BCUT2D eigenvalue weighted by molar-refractivity contribution is 6.04. The summed E-state index contributed by atoms with van der Waals surface area (Å²) in [5, 5.41) is 2.11. The molecule has 0 spiro atoms. The van der Waals surface area contributed by atoms with E-state index >= 15 is 0 Å². The first kappa shape index (κ1) is 31.2. The molecule has 0 saturated heterocycles. The molecule has 7 aromatic carbocycles. The Labute approximate surface area is 303 Å². The van der Waals surface area contributed by atoms with Crippen LogP contribution in [0.3, 0.4) is 0 Å². The van der Waals surface area contributed by atoms with E-state index in [2.05, 4.69) is 165 Å². The van der Waals surface area contributed by atoms with Crippen molar-refractivity contribution in [3.63, 3.8) is 0 Å². The van der Waals surface area contributed by atoms with E-state index in [0.29, 0.717) is 0 Å². The van der Waals surface area contributed by atoms with Crippen LogP contribution >= 0.6 is 0 Å². The molecule has 9 rings (SSSR count). The van der Waals surface area contributed by atoms with Crippen molar-refractivity contribution in [3.05, 3.63) is 194 Å². The summed E-state index contributed by atoms with van der Waals surface area (Å²) in [6.45, 7) is 2.11. The molecule has 9 aromatic rings. The Kier molecular flexibility index (Phi) is 8.07. The Morgan fingerprint density at radius 3 is 1.50 bits per heavy atom. The second-order valence-corrected chi connectivity index (χ2v) is 13.0. The molecule has 0 amide bonds. The number of ether oxygens (including phenoxy) is 1. The molecule has 0 atom stereocenters. The SMILES string of the molecule is Cc1c(Oc2ccc(-c3ccccc3)cc2-c2ccccc2)cccc1-c1ccc2ccc3ccc(-c4ccc(-c5ccccc5)cc4)nc3c2n1. The lowest BCUT2D eigenvalue weighted by atomic mass is 9.98. The monoisotopic (exact) mass is 666 g/mol. The molecule has 0 aliphatic rings. The molecule has 3 nitrogen and oxygen atoms in total. The maximum absolute atomic E-state index is 6.77. The minimum absolute atomic E-state index is 0.793. The maximum atomic E-state index is 6.77. The zero-order valence-corrected chi connectivity index (χ0v) is 28.7. The van der Waals surface area contributed by atoms with Gasteiger partial charge in [0.15, 0.2) is 0 Å². The summed E-state index contributed by atoms with van der Waals surface area (Å²) in [6.07, 6.45) is 0. The third-order valence-corrected chi connectivity index (χ3v) is 9.76. The smallest absolute Gasteiger partial charge is 0.135 e. The lowest BCUT2D eigenvalue weighted by Gasteiger charge is -2.17. The quantitative estimate of drug-likeness (QED) is 0.159. The highest BCUT2D eigenvalue weighted by atomic mass is 16.5. The summed E-state index contributed by atoms with van der Waals surface area (Å²) in [5.74, 6) is 1.60. The van der Waals surface area contributed by atoms with Gasteiger partial charge < -0.3 is 4.74 Å². The van der Waals surface area contributed by atoms with Gasteiger partial charge in [0.2, 0.25) is 0 Å². The number of nitrogens with zero attached hydrogens (tertiary/aromatic N) is 2. The predicted molar refractivity (Wildman–Crippen MR) is 215 cm³/mol. The van der Waals surface area contributed by atoms with E-state index in [1.54, 1.807) is 0 Å². The second kappa shape index (κ2) is 13.5. The predicted octanol–water partition coefficient (Wildman–Crippen LogP) is 13.2. The number of aromatic nitrogens is 2. The highest BCUT2D eigenvalue weighted by Crippen LogP contribution is 2.40. The molecule has 0 unspecified atom stereocenters. The van der Waals surface area contributed by atoms with Gasteiger partial charge in [0, 0.05) is 33.0 Å². The standard InChI is InChI=1S/C49H34N2O/c1-33-42(18-11-19-46(33)52-47-31-28-41(35-14-7-3-8-15-35)32-43(47)37-16-9-4-10-17-37)45-30-27-40-25-24-39-26-29-44(50-48(39)49(40)51-45)38-22-20-36(21-23-38)34-12-5-2-6-13-34/h2-32H,1H3. The first-order valence-electron chi connectivity index (χ1n) is 17.6. The van der Waals surface area contributed by atoms with Gasteiger partial charge in [0.25, 0.3) is 0 Å². The van der Waals surface area contributed by atoms with Crippen LogP contribution in [0.1, 0.15) is 5.56 Å². The molecule has 0 radical (unpaired) electrons. The van der Waals surface area contributed by atoms with Gasteiger partial charge in [-0.05, 0) is 65.1 Å². The summed E-state index contributed by atoms with van der Waals surface area (Å²) >= 11 is 0. The van der Waals surface area contributed by atoms with Crippen molar-refractivity contribution in [1.82, 2.24) is 9.97 Å². The van der Waals surface area contributed by atoms with E-state index in [-0.39, 0.29) is 0 Å². The third kappa shape index (κ3) is 5.99. The number of fused-ring (bicyclic) bond motifs is 3. The molecular formula is C49H34N2O. The van der Waals surface area contributed by atoms with Crippen molar-refractivity contribution in [1.29, 1.82) is 0 Å². The van der Waals surface area contributed by atoms with Crippen LogP contribution in [0.2, 0.25) is 0 Å². The fourth-order valence-corrected chi connectivity index (χ4v) is 6.94. The molecule has 0 saturated carbocycles. The summed E-state index contributed by atoms with van der Waals surface area (Å²) in [6, 6.07) is 65.3. The molecule has 246 valence electrons. The molecule has 2 aromatic heterocycles. The lowest BCUT2D eigenvalue weighted by Crippen LogP contribution is -1.95. The van der Waals surface area contributed by atoms with Gasteiger partial charge in [0.05, 0.1) is 22.4 Å². The van der Waals surface area contributed by atoms with Crippen LogP contribution in [0.5, 0.6) is 11.5 Å². The Hall–Kier alpha value is -6.84. The van der Waals surface area contributed by atoms with Gasteiger partial charge in [-0.3, -0.25) is 0 Å². The van der Waals surface area contributed by atoms with Crippen LogP contribution in [0.4, 0.5) is 0 Å². The van der Waals surface area contributed by atoms with E-state index in [1.807, 2.05) is 30.3 Å². The fourth-order valence-electron chi connectivity index (χ4n) is 6.94. The normalized spacial score (nSPS) is 11.2. The lowest BCUT2D eigenvalue weighted by molar-refractivity contribution is 0.481. The first-order valence-corrected chi connectivity index (χ1v) is 17.6. The van der Waals surface area contributed by atoms with Crippen molar-refractivity contribution in [2.45, 2.75) is 6.92 Å². The summed E-state index contributed by atoms with van der Waals surface area (Å²) < 4.78 is 6.77. The molecular weight excluding hydrogens is 633 g/mol. The average Bonchev–Trinajstić information content (AvgIpc) is 3.22. The number of pyridine rings is 2. The Bertz CT molecular complexity index is 2690. The molecule has 3 heteroatoms. The van der Waals surface area contributed by atoms with Gasteiger partial charge >= 0.3 is 0 Å². The molecule has 0 fully saturated rings. The Morgan fingerprint density at radius 1 is 0.346 bits per heavy atom. The van der Waals surface area contributed by atoms with E-state index in [9.17, 15) is 0 Å². The molecule has 0 aliphatic carbocycles. The Balaban J connectivity index is 1.08. The topological polar surface area (TPSA) is 35.0 Å². The van der Waals surface area contributed by atoms with Crippen LogP contribution in [0.25, 0.3) is 77.7 Å². The highest BCUT2D eigenvalue weighted by Gasteiger charge is 2.15. The molecule has 0 bridgehead atoms. The summed E-state index contributed by atoms with van der Waals surface area (Å²) in [5.41, 5.74) is 13.5. The summed E-state index contributed by atoms with van der Waals surface area (Å²) in [4.78, 5) is 10.5. The van der Waals surface area contributed by atoms with Gasteiger partial charge in [-0.2, -0.15) is 0 Å². The number of benzene rings is 7. The third-order valence-electron chi connectivity index (χ3n) is 9.76. The van der Waals surface area contributed by atoms with Crippen LogP contribution in [0.15, 0.2) is 188 Å². The van der Waals surface area contributed by atoms with E-state index in [1.165, 1.54) is 16.7 Å². The average molecular weight is 667 g/mol. The maximum Gasteiger partial charge on any atom is 0.135 e. The van der Waals surface area contributed by atoms with Crippen molar-refractivity contribution in [2.24, 2.45) is 0 Å². The molecule has 2 heterocycles. The van der Waals surface area contributed by atoms with Crippen molar-refractivity contribution in [2.75, 3.05) is 0 Å². The van der Waals surface area contributed by atoms with Crippen molar-refractivity contribution < 1.29 is 4.74 Å². The van der Waals surface area contributed by atoms with Crippen LogP contribution in [0, 0.1) is 6.92 Å². The second-order valence-electron chi connectivity index (χ2n) is 13.0. The van der Waals surface area contributed by atoms with Crippen molar-refractivity contribution in [3.8, 4) is 67.4 Å². The zero-order valence-electron chi connectivity index (χ0n) is 28.7. The minimum atomic E-state index is 0.793. The van der Waals surface area contributed by atoms with Crippen LogP contribution in [-0.2, 0) is 0 Å². The zero-order chi connectivity index (χ0) is 34.9. The largest absolute Gasteiger partial charge is 0.456 e. The number of hydrogen-bond acceptors (Lipinski definition) is 3. The summed E-state index contributed by atoms with van der Waals surface area (Å²) in [7, 11) is 0. The Morgan fingerprint density at radius 2 is 0.846 bits per heavy atom. The number of hydrogen-bond donors (Lipinski definition) is 0. The van der Waals surface area contributed by atoms with E-state index in [0.717, 1.165) is 78.1 Å². The van der Waals surface area contributed by atoms with E-state index in [4.69, 9.17) is 14.7 Å². The van der Waals surface area contributed by atoms with Gasteiger partial charge in [-0.25, -0.2) is 9.97 Å². The van der Waals surface area contributed by atoms with Crippen molar-refractivity contribution >= 4 is 21.8 Å². The molecule has 0 aliphatic heterocycles. The molecule has 0 N–H and O–H groups in total.